The van der Waals surface area contributed by atoms with E-state index < -0.39 is 0 Å². The lowest BCUT2D eigenvalue weighted by molar-refractivity contribution is 0.163. The molecule has 1 unspecified atom stereocenters. The number of hydrogen-bond donors (Lipinski definition) is 2. The lowest BCUT2D eigenvalue weighted by atomic mass is 9.96. The van der Waals surface area contributed by atoms with Gasteiger partial charge < -0.3 is 10.4 Å². The molecule has 2 nitrogen and oxygen atoms in total. The number of hydrogen-bond acceptors (Lipinski definition) is 3. The fraction of sp³-hybridized carbons (Fsp3) is 0.647. The summed E-state index contributed by atoms with van der Waals surface area (Å²) < 4.78 is 0. The van der Waals surface area contributed by atoms with Crippen molar-refractivity contribution in [3.8, 4) is 0 Å². The molecule has 4 heteroatoms. The Labute approximate surface area is 138 Å². The number of nitrogens with one attached hydrogen (secondary N) is 1. The highest BCUT2D eigenvalue weighted by Crippen LogP contribution is 2.19. The second kappa shape index (κ2) is 10.5. The average Bonchev–Trinajstić information content (AvgIpc) is 2.50. The number of benzene rings is 1. The number of halogens is 1. The molecule has 0 radical (unpaired) electrons. The minimum atomic E-state index is -0.114. The van der Waals surface area contributed by atoms with Gasteiger partial charge in [0.25, 0.3) is 0 Å². The van der Waals surface area contributed by atoms with Crippen molar-refractivity contribution in [2.24, 2.45) is 0 Å². The van der Waals surface area contributed by atoms with Crippen molar-refractivity contribution in [1.29, 1.82) is 0 Å². The molecule has 0 aliphatic rings. The van der Waals surface area contributed by atoms with Crippen molar-refractivity contribution in [3.05, 3.63) is 34.9 Å². The molecule has 2 N–H and O–H groups in total. The highest BCUT2D eigenvalue weighted by molar-refractivity contribution is 7.98. The molecule has 120 valence electrons. The number of unbranched alkanes of at least 4 members (excludes halogenated alkanes) is 1. The summed E-state index contributed by atoms with van der Waals surface area (Å²) in [5.41, 5.74) is 1.21. The molecule has 0 aliphatic carbocycles. The first-order valence-corrected chi connectivity index (χ1v) is 9.31. The minimum Gasteiger partial charge on any atom is -0.394 e. The van der Waals surface area contributed by atoms with E-state index in [1.165, 1.54) is 12.0 Å². The number of aliphatic hydroxyl groups excluding tert-OH is 1. The summed E-state index contributed by atoms with van der Waals surface area (Å²) in [5, 5.41) is 13.8. The van der Waals surface area contributed by atoms with Gasteiger partial charge >= 0.3 is 0 Å². The van der Waals surface area contributed by atoms with E-state index >= 15 is 0 Å². The molecule has 0 spiro atoms. The lowest BCUT2D eigenvalue weighted by Gasteiger charge is -2.28. The molecule has 0 aromatic heterocycles. The van der Waals surface area contributed by atoms with E-state index in [-0.39, 0.29) is 12.1 Å². The van der Waals surface area contributed by atoms with Gasteiger partial charge in [0, 0.05) is 16.3 Å². The number of aliphatic hydroxyl groups is 1. The predicted molar refractivity (Wildman–Crippen MR) is 95.2 cm³/mol. The fourth-order valence-electron chi connectivity index (χ4n) is 2.14. The summed E-state index contributed by atoms with van der Waals surface area (Å²) in [6.07, 6.45) is 4.49. The zero-order chi connectivity index (χ0) is 15.6. The van der Waals surface area contributed by atoms with E-state index in [4.69, 9.17) is 11.6 Å². The third-order valence-corrected chi connectivity index (χ3v) is 4.97. The average molecular weight is 330 g/mol. The summed E-state index contributed by atoms with van der Waals surface area (Å²) in [5.74, 6) is 2.21. The van der Waals surface area contributed by atoms with Gasteiger partial charge in [-0.3, -0.25) is 0 Å². The zero-order valence-corrected chi connectivity index (χ0v) is 14.8. The first-order chi connectivity index (χ1) is 10.1. The molecule has 0 bridgehead atoms. The third-order valence-electron chi connectivity index (χ3n) is 3.60. The molecule has 0 saturated carbocycles. The van der Waals surface area contributed by atoms with E-state index in [0.717, 1.165) is 42.3 Å². The van der Waals surface area contributed by atoms with Crippen LogP contribution in [0.25, 0.3) is 0 Å². The lowest BCUT2D eigenvalue weighted by Crippen LogP contribution is -2.46. The molecule has 0 heterocycles. The molecule has 1 atom stereocenters. The molecule has 1 aromatic rings. The van der Waals surface area contributed by atoms with Crippen LogP contribution < -0.4 is 5.32 Å². The van der Waals surface area contributed by atoms with Gasteiger partial charge in [-0.25, -0.2) is 0 Å². The molecule has 0 saturated heterocycles. The SMILES string of the molecule is CCCNC(C)(CO)CCCCSCc1ccc(Cl)cc1. The maximum atomic E-state index is 9.51. The van der Waals surface area contributed by atoms with E-state index in [1.807, 2.05) is 23.9 Å². The van der Waals surface area contributed by atoms with Crippen molar-refractivity contribution >= 4 is 23.4 Å². The van der Waals surface area contributed by atoms with Gasteiger partial charge in [-0.1, -0.05) is 37.1 Å². The van der Waals surface area contributed by atoms with Crippen LogP contribution in [-0.4, -0.2) is 29.5 Å². The van der Waals surface area contributed by atoms with Crippen LogP contribution in [0.4, 0.5) is 0 Å². The molecule has 1 rings (SSSR count). The quantitative estimate of drug-likeness (QED) is 0.586. The monoisotopic (exact) mass is 329 g/mol. The fourth-order valence-corrected chi connectivity index (χ4v) is 3.25. The third kappa shape index (κ3) is 8.10. The smallest absolute Gasteiger partial charge is 0.0610 e. The van der Waals surface area contributed by atoms with Gasteiger partial charge in [0.1, 0.15) is 0 Å². The predicted octanol–water partition coefficient (Wildman–Crippen LogP) is 4.49. The summed E-state index contributed by atoms with van der Waals surface area (Å²) in [6.45, 7) is 5.45. The Balaban J connectivity index is 2.12. The van der Waals surface area contributed by atoms with E-state index in [9.17, 15) is 5.11 Å². The molecule has 0 fully saturated rings. The maximum absolute atomic E-state index is 9.51. The van der Waals surface area contributed by atoms with E-state index in [2.05, 4.69) is 31.3 Å². The van der Waals surface area contributed by atoms with Gasteiger partial charge in [0.2, 0.25) is 0 Å². The molecule has 21 heavy (non-hydrogen) atoms. The van der Waals surface area contributed by atoms with Gasteiger partial charge in [-0.2, -0.15) is 11.8 Å². The highest BCUT2D eigenvalue weighted by atomic mass is 35.5. The van der Waals surface area contributed by atoms with Crippen molar-refractivity contribution in [2.75, 3.05) is 18.9 Å². The van der Waals surface area contributed by atoms with Crippen LogP contribution in [0.2, 0.25) is 5.02 Å². The first-order valence-electron chi connectivity index (χ1n) is 7.78. The Kier molecular flexibility index (Phi) is 9.41. The summed E-state index contributed by atoms with van der Waals surface area (Å²) in [7, 11) is 0. The normalized spacial score (nSPS) is 14.1. The van der Waals surface area contributed by atoms with E-state index in [1.54, 1.807) is 0 Å². The highest BCUT2D eigenvalue weighted by Gasteiger charge is 2.21. The van der Waals surface area contributed by atoms with Crippen LogP contribution in [-0.2, 0) is 5.75 Å². The van der Waals surface area contributed by atoms with Crippen molar-refractivity contribution in [2.45, 2.75) is 50.8 Å². The Morgan fingerprint density at radius 1 is 1.24 bits per heavy atom. The van der Waals surface area contributed by atoms with Gasteiger partial charge in [0.15, 0.2) is 0 Å². The Hall–Kier alpha value is -0.220. The van der Waals surface area contributed by atoms with Crippen molar-refractivity contribution in [3.63, 3.8) is 0 Å². The van der Waals surface area contributed by atoms with Gasteiger partial charge in [0.05, 0.1) is 6.61 Å². The zero-order valence-electron chi connectivity index (χ0n) is 13.2. The van der Waals surface area contributed by atoms with Gasteiger partial charge in [-0.05, 0) is 56.2 Å². The Bertz CT molecular complexity index is 385. The largest absolute Gasteiger partial charge is 0.394 e. The Morgan fingerprint density at radius 3 is 2.57 bits per heavy atom. The number of thioether (sulfide) groups is 1. The van der Waals surface area contributed by atoms with Crippen LogP contribution in [0.1, 0.15) is 45.1 Å². The minimum absolute atomic E-state index is 0.114. The first kappa shape index (κ1) is 18.8. The molecule has 0 amide bonds. The van der Waals surface area contributed by atoms with Gasteiger partial charge in [-0.15, -0.1) is 0 Å². The molecule has 0 aliphatic heterocycles. The van der Waals surface area contributed by atoms with Crippen molar-refractivity contribution < 1.29 is 5.11 Å². The molecule has 1 aromatic carbocycles. The van der Waals surface area contributed by atoms with Crippen LogP contribution >= 0.6 is 23.4 Å². The maximum Gasteiger partial charge on any atom is 0.0610 e. The van der Waals surface area contributed by atoms with Crippen molar-refractivity contribution in [1.82, 2.24) is 5.32 Å². The molecular weight excluding hydrogens is 302 g/mol. The van der Waals surface area contributed by atoms with Crippen LogP contribution in [0.3, 0.4) is 0 Å². The summed E-state index contributed by atoms with van der Waals surface area (Å²) in [4.78, 5) is 0. The second-order valence-electron chi connectivity index (χ2n) is 5.78. The van der Waals surface area contributed by atoms with E-state index in [0.29, 0.717) is 0 Å². The Morgan fingerprint density at radius 2 is 1.95 bits per heavy atom. The second-order valence-corrected chi connectivity index (χ2v) is 7.32. The van der Waals surface area contributed by atoms with Crippen LogP contribution in [0.15, 0.2) is 24.3 Å². The van der Waals surface area contributed by atoms with Crippen LogP contribution in [0.5, 0.6) is 0 Å². The topological polar surface area (TPSA) is 32.3 Å². The van der Waals surface area contributed by atoms with Crippen LogP contribution in [0, 0.1) is 0 Å². The number of rotatable bonds is 11. The molecular formula is C17H28ClNOS. The summed E-state index contributed by atoms with van der Waals surface area (Å²) in [6, 6.07) is 8.08. The summed E-state index contributed by atoms with van der Waals surface area (Å²) >= 11 is 7.84. The standard InChI is InChI=1S/C17H28ClNOS/c1-3-11-19-17(2,14-20)10-4-5-12-21-13-15-6-8-16(18)9-7-15/h6-9,19-20H,3-5,10-14H2,1-2H3.